The molecule has 3 aliphatic rings. The van der Waals surface area contributed by atoms with Crippen molar-refractivity contribution in [1.29, 1.82) is 0 Å². The first-order valence-corrected chi connectivity index (χ1v) is 15.3. The van der Waals surface area contributed by atoms with E-state index in [1.54, 1.807) is 50.3 Å². The van der Waals surface area contributed by atoms with Gasteiger partial charge in [0, 0.05) is 30.2 Å². The van der Waals surface area contributed by atoms with Crippen LogP contribution in [-0.4, -0.2) is 106 Å². The first-order valence-electron chi connectivity index (χ1n) is 13.5. The highest BCUT2D eigenvalue weighted by Crippen LogP contribution is 2.68. The number of fused-ring (bicyclic) bond motifs is 2. The molecule has 7 atom stereocenters. The molecule has 3 aliphatic heterocycles. The van der Waals surface area contributed by atoms with Crippen molar-refractivity contribution in [2.24, 2.45) is 11.8 Å². The van der Waals surface area contributed by atoms with E-state index in [0.29, 0.717) is 24.9 Å². The molecule has 1 aromatic carbocycles. The van der Waals surface area contributed by atoms with Crippen LogP contribution >= 0.6 is 27.7 Å². The second-order valence-corrected chi connectivity index (χ2v) is 13.4. The molecule has 10 nitrogen and oxygen atoms in total. The number of carbonyl (C=O) groups is 3. The van der Waals surface area contributed by atoms with Crippen LogP contribution < -0.4 is 0 Å². The third-order valence-corrected chi connectivity index (χ3v) is 11.7. The van der Waals surface area contributed by atoms with Crippen molar-refractivity contribution >= 4 is 56.4 Å². The zero-order valence-electron chi connectivity index (χ0n) is 22.7. The van der Waals surface area contributed by atoms with E-state index in [1.807, 2.05) is 31.2 Å². The average Bonchev–Trinajstić information content (AvgIpc) is 3.66. The van der Waals surface area contributed by atoms with Crippen molar-refractivity contribution in [3.05, 3.63) is 49.6 Å². The lowest BCUT2D eigenvalue weighted by Gasteiger charge is -2.39. The Morgan fingerprint density at radius 3 is 2.67 bits per heavy atom. The van der Waals surface area contributed by atoms with E-state index in [0.717, 1.165) is 5.52 Å². The van der Waals surface area contributed by atoms with E-state index < -0.39 is 28.7 Å². The van der Waals surface area contributed by atoms with Gasteiger partial charge in [-0.25, -0.2) is 4.68 Å². The Balaban J connectivity index is 1.57. The number of alkyl halides is 1. The molecule has 0 saturated carbocycles. The van der Waals surface area contributed by atoms with Crippen LogP contribution in [-0.2, 0) is 21.1 Å². The van der Waals surface area contributed by atoms with Crippen molar-refractivity contribution < 1.29 is 19.5 Å². The molecule has 4 heterocycles. The van der Waals surface area contributed by atoms with Crippen LogP contribution in [0.15, 0.2) is 49.6 Å². The van der Waals surface area contributed by atoms with E-state index in [9.17, 15) is 19.5 Å². The molecule has 40 heavy (non-hydrogen) atoms. The van der Waals surface area contributed by atoms with E-state index in [-0.39, 0.29) is 47.6 Å². The summed E-state index contributed by atoms with van der Waals surface area (Å²) in [5.74, 6) is -1.84. The summed E-state index contributed by atoms with van der Waals surface area (Å²) in [5, 5.41) is 18.7. The number of aliphatic hydroxyl groups is 1. The number of likely N-dealkylation sites (tertiary alicyclic amines) is 1. The number of likely N-dealkylation sites (N-methyl/N-ethyl adjacent to an activating group) is 1. The summed E-state index contributed by atoms with van der Waals surface area (Å²) in [4.78, 5) is 47.4. The average molecular weight is 632 g/mol. The zero-order valence-corrected chi connectivity index (χ0v) is 25.1. The number of hydrogen-bond donors (Lipinski definition) is 1. The molecule has 214 valence electrons. The minimum atomic E-state index is -0.852. The normalized spacial score (nSPS) is 29.4. The maximum absolute atomic E-state index is 14.6. The lowest BCUT2D eigenvalue weighted by molar-refractivity contribution is -0.147. The van der Waals surface area contributed by atoms with Gasteiger partial charge in [0.15, 0.2) is 0 Å². The van der Waals surface area contributed by atoms with E-state index in [4.69, 9.17) is 0 Å². The number of aliphatic hydroxyl groups excluding tert-OH is 1. The first kappa shape index (κ1) is 28.8. The number of para-hydroxylation sites is 1. The molecule has 0 radical (unpaired) electrons. The predicted molar refractivity (Wildman–Crippen MR) is 157 cm³/mol. The number of nitrogens with zero attached hydrogens (tertiary/aromatic N) is 6. The number of thioether (sulfide) groups is 1. The van der Waals surface area contributed by atoms with Crippen LogP contribution in [0.1, 0.15) is 19.8 Å². The monoisotopic (exact) mass is 630 g/mol. The van der Waals surface area contributed by atoms with Gasteiger partial charge in [-0.15, -0.1) is 30.0 Å². The van der Waals surface area contributed by atoms with Crippen molar-refractivity contribution in [3.8, 4) is 0 Å². The van der Waals surface area contributed by atoms with Crippen molar-refractivity contribution in [1.82, 2.24) is 29.7 Å². The van der Waals surface area contributed by atoms with Crippen molar-refractivity contribution in [2.45, 2.75) is 53.3 Å². The number of carbonyl (C=O) groups excluding carboxylic acids is 3. The zero-order chi connectivity index (χ0) is 28.8. The number of halogens is 1. The summed E-state index contributed by atoms with van der Waals surface area (Å²) in [5.41, 5.74) is 1.50. The second-order valence-electron chi connectivity index (χ2n) is 10.7. The SMILES string of the molecule is C=CCN(C)C(=O)[C@H]1[C@@H]2SC3(CC2Br)C(C(=O)N(CC=C)Cn2nnc4ccccc42)N([C@@H](CC)CO)C(=O)[C@H]13. The molecule has 1 N–H and O–H groups in total. The molecule has 3 fully saturated rings. The number of rotatable bonds is 11. The highest BCUT2D eigenvalue weighted by atomic mass is 79.9. The van der Waals surface area contributed by atoms with Gasteiger partial charge in [0.25, 0.3) is 0 Å². The third-order valence-electron chi connectivity index (χ3n) is 8.49. The Morgan fingerprint density at radius 1 is 1.27 bits per heavy atom. The Bertz CT molecular complexity index is 1330. The maximum Gasteiger partial charge on any atom is 0.248 e. The molecular formula is C28H35BrN6O4S. The van der Waals surface area contributed by atoms with Crippen molar-refractivity contribution in [2.75, 3.05) is 26.7 Å². The fraction of sp³-hybridized carbons (Fsp3) is 0.536. The van der Waals surface area contributed by atoms with Gasteiger partial charge in [-0.2, -0.15) is 0 Å². The number of aromatic nitrogens is 3. The van der Waals surface area contributed by atoms with Gasteiger partial charge < -0.3 is 19.8 Å². The Kier molecular flexibility index (Phi) is 8.13. The highest BCUT2D eigenvalue weighted by Gasteiger charge is 2.76. The van der Waals surface area contributed by atoms with E-state index in [2.05, 4.69) is 39.4 Å². The van der Waals surface area contributed by atoms with Crippen LogP contribution in [0, 0.1) is 11.8 Å². The molecule has 1 aromatic heterocycles. The second kappa shape index (κ2) is 11.3. The van der Waals surface area contributed by atoms with Gasteiger partial charge in [0.05, 0.1) is 34.7 Å². The minimum Gasteiger partial charge on any atom is -0.394 e. The third kappa shape index (κ3) is 4.39. The van der Waals surface area contributed by atoms with Crippen LogP contribution in [0.25, 0.3) is 11.0 Å². The topological polar surface area (TPSA) is 112 Å². The Morgan fingerprint density at radius 2 is 2.00 bits per heavy atom. The number of amides is 3. The molecule has 0 aliphatic carbocycles. The van der Waals surface area contributed by atoms with Crippen LogP contribution in [0.3, 0.4) is 0 Å². The molecule has 12 heteroatoms. The van der Waals surface area contributed by atoms with Gasteiger partial charge in [-0.3, -0.25) is 14.4 Å². The summed E-state index contributed by atoms with van der Waals surface area (Å²) in [6.45, 7) is 9.96. The maximum atomic E-state index is 14.6. The largest absolute Gasteiger partial charge is 0.394 e. The van der Waals surface area contributed by atoms with Crippen LogP contribution in [0.4, 0.5) is 0 Å². The first-order chi connectivity index (χ1) is 19.2. The van der Waals surface area contributed by atoms with Gasteiger partial charge in [-0.05, 0) is 25.0 Å². The van der Waals surface area contributed by atoms with Gasteiger partial charge in [0.1, 0.15) is 18.2 Å². The Hall–Kier alpha value is -2.70. The van der Waals surface area contributed by atoms with Gasteiger partial charge in [-0.1, -0.05) is 52.4 Å². The molecule has 3 unspecified atom stereocenters. The highest BCUT2D eigenvalue weighted by molar-refractivity contribution is 9.09. The molecule has 5 rings (SSSR count). The summed E-state index contributed by atoms with van der Waals surface area (Å²) in [7, 11) is 1.72. The van der Waals surface area contributed by atoms with E-state index >= 15 is 0 Å². The summed E-state index contributed by atoms with van der Waals surface area (Å²) in [6.07, 6.45) is 4.36. The fourth-order valence-electron chi connectivity index (χ4n) is 6.70. The molecule has 3 amide bonds. The smallest absolute Gasteiger partial charge is 0.248 e. The quantitative estimate of drug-likeness (QED) is 0.299. The number of benzene rings is 1. The Labute approximate surface area is 246 Å². The molecule has 1 spiro atoms. The molecular weight excluding hydrogens is 596 g/mol. The van der Waals surface area contributed by atoms with Crippen molar-refractivity contribution in [3.63, 3.8) is 0 Å². The standard InChI is InChI=1S/C28H35BrN6O4S/c1-5-12-32(4)25(37)21-22-26(38)35(17(7-3)15-36)24(28(22)14-18(29)23(21)40-28)27(39)33(13-6-2)16-34-20-11-9-8-10-19(20)30-31-34/h5-6,8-11,17-18,21-24,36H,1-2,7,12-16H2,3-4H3/t17-,18?,21+,22-,23+,24?,28?/m0/s1. The minimum absolute atomic E-state index is 0.0378. The lowest BCUT2D eigenvalue weighted by atomic mass is 9.70. The summed E-state index contributed by atoms with van der Waals surface area (Å²) >= 11 is 5.39. The fourth-order valence-corrected chi connectivity index (χ4v) is 10.3. The lowest BCUT2D eigenvalue weighted by Crippen LogP contribution is -2.58. The molecule has 2 bridgehead atoms. The number of hydrogen-bond acceptors (Lipinski definition) is 7. The van der Waals surface area contributed by atoms with E-state index in [1.165, 1.54) is 0 Å². The van der Waals surface area contributed by atoms with Crippen LogP contribution in [0.2, 0.25) is 0 Å². The summed E-state index contributed by atoms with van der Waals surface area (Å²) < 4.78 is 0.855. The van der Waals surface area contributed by atoms with Gasteiger partial charge >= 0.3 is 0 Å². The summed E-state index contributed by atoms with van der Waals surface area (Å²) in [6, 6.07) is 6.12. The molecule has 2 aromatic rings. The predicted octanol–water partition coefficient (Wildman–Crippen LogP) is 2.28. The van der Waals surface area contributed by atoms with Gasteiger partial charge in [0.2, 0.25) is 17.7 Å². The molecule has 3 saturated heterocycles. The van der Waals surface area contributed by atoms with Crippen LogP contribution in [0.5, 0.6) is 0 Å².